The van der Waals surface area contributed by atoms with E-state index in [0.29, 0.717) is 22.9 Å². The molecule has 18 heavy (non-hydrogen) atoms. The highest BCUT2D eigenvalue weighted by molar-refractivity contribution is 5.85. The molecule has 3 rings (SSSR count). The summed E-state index contributed by atoms with van der Waals surface area (Å²) in [7, 11) is 0. The van der Waals surface area contributed by atoms with Crippen LogP contribution in [0.25, 0.3) is 22.6 Å². The van der Waals surface area contributed by atoms with E-state index < -0.39 is 0 Å². The van der Waals surface area contributed by atoms with E-state index in [1.54, 1.807) is 18.7 Å². The van der Waals surface area contributed by atoms with Crippen molar-refractivity contribution in [1.82, 2.24) is 10.1 Å². The monoisotopic (exact) mass is 241 g/mol. The van der Waals surface area contributed by atoms with Crippen LogP contribution >= 0.6 is 0 Å². The van der Waals surface area contributed by atoms with Gasteiger partial charge in [-0.3, -0.25) is 4.98 Å². The second kappa shape index (κ2) is 4.03. The summed E-state index contributed by atoms with van der Waals surface area (Å²) in [6.45, 7) is 1.94. The van der Waals surface area contributed by atoms with Crippen molar-refractivity contribution >= 4 is 5.82 Å². The van der Waals surface area contributed by atoms with E-state index in [-0.39, 0.29) is 0 Å². The standard InChI is InChI=1S/C13H11N3O2/c1-8-4-6-17-11(8)12-10(13(14)16-18-12)9-3-2-5-15-7-9/h2-7H,1H3,(H2,14,16). The zero-order valence-corrected chi connectivity index (χ0v) is 9.75. The molecule has 0 atom stereocenters. The minimum absolute atomic E-state index is 0.328. The summed E-state index contributed by atoms with van der Waals surface area (Å²) < 4.78 is 10.7. The van der Waals surface area contributed by atoms with Crippen LogP contribution in [-0.2, 0) is 0 Å². The highest BCUT2D eigenvalue weighted by Gasteiger charge is 2.21. The molecule has 90 valence electrons. The Kier molecular flexibility index (Phi) is 2.37. The zero-order chi connectivity index (χ0) is 12.5. The van der Waals surface area contributed by atoms with Gasteiger partial charge in [0.05, 0.1) is 11.8 Å². The summed E-state index contributed by atoms with van der Waals surface area (Å²) in [4.78, 5) is 4.07. The maximum Gasteiger partial charge on any atom is 0.212 e. The summed E-state index contributed by atoms with van der Waals surface area (Å²) in [6.07, 6.45) is 5.02. The maximum atomic E-state index is 5.86. The maximum absolute atomic E-state index is 5.86. The zero-order valence-electron chi connectivity index (χ0n) is 9.75. The van der Waals surface area contributed by atoms with Gasteiger partial charge in [-0.15, -0.1) is 0 Å². The molecule has 3 aromatic rings. The van der Waals surface area contributed by atoms with Crippen molar-refractivity contribution < 1.29 is 8.94 Å². The number of nitrogens with zero attached hydrogens (tertiary/aromatic N) is 2. The molecular formula is C13H11N3O2. The van der Waals surface area contributed by atoms with Crippen LogP contribution in [0.3, 0.4) is 0 Å². The Labute approximate surface area is 103 Å². The van der Waals surface area contributed by atoms with E-state index in [4.69, 9.17) is 14.7 Å². The number of hydrogen-bond donors (Lipinski definition) is 1. The van der Waals surface area contributed by atoms with Gasteiger partial charge in [0, 0.05) is 18.0 Å². The average molecular weight is 241 g/mol. The second-order valence-corrected chi connectivity index (χ2v) is 3.95. The fourth-order valence-corrected chi connectivity index (χ4v) is 1.85. The lowest BCUT2D eigenvalue weighted by atomic mass is 10.1. The Hall–Kier alpha value is -2.56. The molecule has 0 bridgehead atoms. The predicted molar refractivity (Wildman–Crippen MR) is 66.6 cm³/mol. The Bertz CT molecular complexity index is 671. The van der Waals surface area contributed by atoms with E-state index in [1.807, 2.05) is 25.1 Å². The third-order valence-electron chi connectivity index (χ3n) is 2.74. The van der Waals surface area contributed by atoms with Gasteiger partial charge in [-0.1, -0.05) is 11.2 Å². The largest absolute Gasteiger partial charge is 0.461 e. The molecule has 2 N–H and O–H groups in total. The number of hydrogen-bond acceptors (Lipinski definition) is 5. The average Bonchev–Trinajstić information content (AvgIpc) is 2.96. The van der Waals surface area contributed by atoms with Crippen molar-refractivity contribution in [3.8, 4) is 22.6 Å². The summed E-state index contributed by atoms with van der Waals surface area (Å²) in [5.74, 6) is 1.50. The topological polar surface area (TPSA) is 78.1 Å². The molecule has 0 spiro atoms. The first-order valence-corrected chi connectivity index (χ1v) is 5.47. The van der Waals surface area contributed by atoms with Crippen LogP contribution in [0.5, 0.6) is 0 Å². The minimum atomic E-state index is 0.328. The molecule has 5 nitrogen and oxygen atoms in total. The molecule has 0 fully saturated rings. The van der Waals surface area contributed by atoms with Crippen LogP contribution in [0.15, 0.2) is 45.8 Å². The van der Waals surface area contributed by atoms with Crippen LogP contribution in [0, 0.1) is 6.92 Å². The molecular weight excluding hydrogens is 230 g/mol. The molecule has 0 radical (unpaired) electrons. The van der Waals surface area contributed by atoms with Gasteiger partial charge < -0.3 is 14.7 Å². The Balaban J connectivity index is 2.22. The highest BCUT2D eigenvalue weighted by atomic mass is 16.5. The van der Waals surface area contributed by atoms with Crippen LogP contribution in [0.2, 0.25) is 0 Å². The minimum Gasteiger partial charge on any atom is -0.461 e. The number of anilines is 1. The highest BCUT2D eigenvalue weighted by Crippen LogP contribution is 2.37. The van der Waals surface area contributed by atoms with Crippen LogP contribution in [0.4, 0.5) is 5.82 Å². The van der Waals surface area contributed by atoms with Gasteiger partial charge in [-0.2, -0.15) is 0 Å². The van der Waals surface area contributed by atoms with Crippen LogP contribution in [0.1, 0.15) is 5.56 Å². The van der Waals surface area contributed by atoms with E-state index in [0.717, 1.165) is 11.1 Å². The SMILES string of the molecule is Cc1ccoc1-c1onc(N)c1-c1cccnc1. The molecule has 0 aliphatic carbocycles. The number of aryl methyl sites for hydroxylation is 1. The number of nitrogens with two attached hydrogens (primary N) is 1. The number of furan rings is 1. The molecule has 3 heterocycles. The molecule has 5 heteroatoms. The third kappa shape index (κ3) is 1.57. The molecule has 0 saturated heterocycles. The van der Waals surface area contributed by atoms with Crippen molar-refractivity contribution in [3.05, 3.63) is 42.4 Å². The fraction of sp³-hybridized carbons (Fsp3) is 0.0769. The van der Waals surface area contributed by atoms with Gasteiger partial charge in [-0.05, 0) is 24.6 Å². The molecule has 3 aromatic heterocycles. The molecule has 0 amide bonds. The number of nitrogen functional groups attached to an aromatic ring is 1. The van der Waals surface area contributed by atoms with Crippen molar-refractivity contribution in [2.75, 3.05) is 5.73 Å². The Morgan fingerprint density at radius 1 is 1.22 bits per heavy atom. The second-order valence-electron chi connectivity index (χ2n) is 3.95. The first kappa shape index (κ1) is 10.6. The predicted octanol–water partition coefficient (Wildman–Crippen LogP) is 2.89. The van der Waals surface area contributed by atoms with Gasteiger partial charge in [0.15, 0.2) is 11.6 Å². The van der Waals surface area contributed by atoms with E-state index >= 15 is 0 Å². The van der Waals surface area contributed by atoms with E-state index in [1.165, 1.54) is 0 Å². The molecule has 0 saturated carbocycles. The summed E-state index contributed by atoms with van der Waals surface area (Å²) >= 11 is 0. The molecule has 0 unspecified atom stereocenters. The quantitative estimate of drug-likeness (QED) is 0.746. The van der Waals surface area contributed by atoms with Crippen molar-refractivity contribution in [3.63, 3.8) is 0 Å². The smallest absolute Gasteiger partial charge is 0.212 e. The lowest BCUT2D eigenvalue weighted by Gasteiger charge is -2.00. The molecule has 0 aliphatic rings. The summed E-state index contributed by atoms with van der Waals surface area (Å²) in [6, 6.07) is 5.60. The van der Waals surface area contributed by atoms with Crippen molar-refractivity contribution in [2.45, 2.75) is 6.92 Å². The Morgan fingerprint density at radius 2 is 2.11 bits per heavy atom. The fourth-order valence-electron chi connectivity index (χ4n) is 1.85. The number of aromatic nitrogens is 2. The third-order valence-corrected chi connectivity index (χ3v) is 2.74. The number of pyridine rings is 1. The van der Waals surface area contributed by atoms with Gasteiger partial charge in [-0.25, -0.2) is 0 Å². The van der Waals surface area contributed by atoms with E-state index in [2.05, 4.69) is 10.1 Å². The van der Waals surface area contributed by atoms with Gasteiger partial charge in [0.2, 0.25) is 5.76 Å². The van der Waals surface area contributed by atoms with Crippen molar-refractivity contribution in [2.24, 2.45) is 0 Å². The summed E-state index contributed by atoms with van der Waals surface area (Å²) in [5, 5.41) is 3.81. The lowest BCUT2D eigenvalue weighted by Crippen LogP contribution is -1.89. The van der Waals surface area contributed by atoms with Crippen LogP contribution in [-0.4, -0.2) is 10.1 Å². The summed E-state index contributed by atoms with van der Waals surface area (Å²) in [5.41, 5.74) is 8.38. The Morgan fingerprint density at radius 3 is 2.78 bits per heavy atom. The van der Waals surface area contributed by atoms with Gasteiger partial charge >= 0.3 is 0 Å². The van der Waals surface area contributed by atoms with Gasteiger partial charge in [0.25, 0.3) is 0 Å². The normalized spacial score (nSPS) is 10.7. The van der Waals surface area contributed by atoms with Gasteiger partial charge in [0.1, 0.15) is 0 Å². The van der Waals surface area contributed by atoms with E-state index in [9.17, 15) is 0 Å². The lowest BCUT2D eigenvalue weighted by molar-refractivity contribution is 0.421. The first-order chi connectivity index (χ1) is 8.77. The van der Waals surface area contributed by atoms with Crippen molar-refractivity contribution in [1.29, 1.82) is 0 Å². The molecule has 0 aromatic carbocycles. The number of rotatable bonds is 2. The molecule has 0 aliphatic heterocycles. The van der Waals surface area contributed by atoms with Crippen LogP contribution < -0.4 is 5.73 Å². The first-order valence-electron chi connectivity index (χ1n) is 5.47.